The van der Waals surface area contributed by atoms with Crippen LogP contribution in [-0.4, -0.2) is 107 Å². The van der Waals surface area contributed by atoms with E-state index in [2.05, 4.69) is 4.74 Å². The highest BCUT2D eigenvalue weighted by Gasteiger charge is 2.58. The molecule has 0 aliphatic carbocycles. The molecule has 2 fully saturated rings. The zero-order chi connectivity index (χ0) is 25.8. The monoisotopic (exact) mass is 521 g/mol. The summed E-state index contributed by atoms with van der Waals surface area (Å²) in [7, 11) is 5.74. The summed E-state index contributed by atoms with van der Waals surface area (Å²) in [5.41, 5.74) is 0. The largest absolute Gasteiger partial charge is 0.372 e. The van der Waals surface area contributed by atoms with Crippen molar-refractivity contribution in [2.45, 2.75) is 88.1 Å². The summed E-state index contributed by atoms with van der Waals surface area (Å²) in [6.07, 6.45) is -13.0. The summed E-state index contributed by atoms with van der Waals surface area (Å²) >= 11 is 0. The lowest BCUT2D eigenvalue weighted by molar-refractivity contribution is -0.232. The van der Waals surface area contributed by atoms with Gasteiger partial charge in [0.2, 0.25) is 18.9 Å². The number of rotatable bonds is 9. The maximum atomic E-state index is 13.7. The summed E-state index contributed by atoms with van der Waals surface area (Å²) in [4.78, 5) is 1.49. The van der Waals surface area contributed by atoms with Crippen LogP contribution in [-0.2, 0) is 9.47 Å². The van der Waals surface area contributed by atoms with E-state index in [0.29, 0.717) is 17.9 Å². The van der Waals surface area contributed by atoms with Gasteiger partial charge in [0.05, 0.1) is 0 Å². The SMILES string of the molecule is C.CN(C)C(F)C(F)(F)C1CCCO1.CNC(F)C(F)(F)C1CCC(C(F)(F)C(F)N(C)C)O1. The van der Waals surface area contributed by atoms with E-state index in [-0.39, 0.29) is 13.8 Å². The molecule has 0 aromatic rings. The third-order valence-corrected chi connectivity index (χ3v) is 5.37. The van der Waals surface area contributed by atoms with Crippen molar-refractivity contribution in [1.82, 2.24) is 15.1 Å². The highest BCUT2D eigenvalue weighted by molar-refractivity contribution is 4.95. The van der Waals surface area contributed by atoms with Gasteiger partial charge in [-0.3, -0.25) is 15.1 Å². The molecule has 2 aliphatic rings. The van der Waals surface area contributed by atoms with Gasteiger partial charge in [0.15, 0.2) is 0 Å². The van der Waals surface area contributed by atoms with E-state index in [9.17, 15) is 39.5 Å². The van der Waals surface area contributed by atoms with Crippen molar-refractivity contribution < 1.29 is 49.0 Å². The zero-order valence-electron chi connectivity index (χ0n) is 19.1. The van der Waals surface area contributed by atoms with Crippen LogP contribution in [0.5, 0.6) is 0 Å². The molecule has 0 aromatic carbocycles. The summed E-state index contributed by atoms with van der Waals surface area (Å²) in [6.45, 7) is 0.306. The lowest BCUT2D eigenvalue weighted by Gasteiger charge is -2.31. The molecule has 6 unspecified atom stereocenters. The van der Waals surface area contributed by atoms with Gasteiger partial charge >= 0.3 is 17.8 Å². The van der Waals surface area contributed by atoms with E-state index in [1.54, 1.807) is 5.32 Å². The van der Waals surface area contributed by atoms with Crippen LogP contribution < -0.4 is 5.32 Å². The minimum atomic E-state index is -3.95. The molecule has 5 nitrogen and oxygen atoms in total. The van der Waals surface area contributed by atoms with Crippen molar-refractivity contribution >= 4 is 0 Å². The van der Waals surface area contributed by atoms with Gasteiger partial charge in [-0.25, -0.2) is 13.2 Å². The topological polar surface area (TPSA) is 37.0 Å². The Morgan fingerprint density at radius 2 is 1.15 bits per heavy atom. The number of halogens is 9. The summed E-state index contributed by atoms with van der Waals surface area (Å²) in [5.74, 6) is -11.3. The molecule has 6 atom stereocenters. The fourth-order valence-electron chi connectivity index (χ4n) is 3.44. The van der Waals surface area contributed by atoms with Crippen LogP contribution in [0.3, 0.4) is 0 Å². The third kappa shape index (κ3) is 7.58. The van der Waals surface area contributed by atoms with E-state index in [1.165, 1.54) is 14.1 Å². The first-order chi connectivity index (χ1) is 15.0. The Balaban J connectivity index is 0.000000676. The first kappa shape index (κ1) is 33.2. The van der Waals surface area contributed by atoms with Crippen molar-refractivity contribution in [2.75, 3.05) is 41.8 Å². The van der Waals surface area contributed by atoms with Crippen molar-refractivity contribution in [2.24, 2.45) is 0 Å². The van der Waals surface area contributed by atoms with E-state index in [1.807, 2.05) is 0 Å². The number of nitrogens with one attached hydrogen (secondary N) is 1. The van der Waals surface area contributed by atoms with Gasteiger partial charge < -0.3 is 9.47 Å². The molecule has 206 valence electrons. The Labute approximate surface area is 194 Å². The van der Waals surface area contributed by atoms with Gasteiger partial charge in [0.1, 0.15) is 18.3 Å². The second-order valence-corrected chi connectivity index (χ2v) is 8.47. The Hall–Kier alpha value is -0.830. The van der Waals surface area contributed by atoms with Crippen molar-refractivity contribution in [3.63, 3.8) is 0 Å². The second kappa shape index (κ2) is 12.9. The Morgan fingerprint density at radius 3 is 1.50 bits per heavy atom. The van der Waals surface area contributed by atoms with Crippen LogP contribution >= 0.6 is 0 Å². The summed E-state index contributed by atoms with van der Waals surface area (Å²) < 4.78 is 130. The van der Waals surface area contributed by atoms with Gasteiger partial charge in [-0.05, 0) is 60.9 Å². The van der Waals surface area contributed by atoms with Gasteiger partial charge in [0, 0.05) is 6.61 Å². The van der Waals surface area contributed by atoms with Crippen LogP contribution in [0.1, 0.15) is 33.1 Å². The molecule has 0 amide bonds. The maximum Gasteiger partial charge on any atom is 0.317 e. The lowest BCUT2D eigenvalue weighted by atomic mass is 10.1. The van der Waals surface area contributed by atoms with Crippen molar-refractivity contribution in [3.05, 3.63) is 0 Å². The fraction of sp³-hybridized carbons (Fsp3) is 1.00. The molecule has 2 heterocycles. The third-order valence-electron chi connectivity index (χ3n) is 5.37. The average Bonchev–Trinajstić information content (AvgIpc) is 3.45. The first-order valence-electron chi connectivity index (χ1n) is 10.3. The molecule has 0 aromatic heterocycles. The molecule has 0 spiro atoms. The minimum absolute atomic E-state index is 0. The Bertz CT molecular complexity index is 590. The van der Waals surface area contributed by atoms with Crippen LogP contribution in [0, 0.1) is 0 Å². The van der Waals surface area contributed by atoms with Gasteiger partial charge in [-0.1, -0.05) is 7.43 Å². The molecular formula is C20H36F9N3O2. The highest BCUT2D eigenvalue weighted by atomic mass is 19.3. The minimum Gasteiger partial charge on any atom is -0.372 e. The predicted molar refractivity (Wildman–Crippen MR) is 110 cm³/mol. The molecule has 0 radical (unpaired) electrons. The normalized spacial score (nSPS) is 26.6. The van der Waals surface area contributed by atoms with E-state index in [4.69, 9.17) is 4.74 Å². The maximum absolute atomic E-state index is 13.7. The lowest BCUT2D eigenvalue weighted by Crippen LogP contribution is -2.52. The zero-order valence-corrected chi connectivity index (χ0v) is 19.1. The van der Waals surface area contributed by atoms with E-state index < -0.39 is 67.8 Å². The molecule has 0 bridgehead atoms. The van der Waals surface area contributed by atoms with Gasteiger partial charge in [0.25, 0.3) is 0 Å². The van der Waals surface area contributed by atoms with Crippen LogP contribution in [0.4, 0.5) is 39.5 Å². The summed E-state index contributed by atoms with van der Waals surface area (Å²) in [5, 5.41) is 1.71. The first-order valence-corrected chi connectivity index (χ1v) is 10.3. The van der Waals surface area contributed by atoms with E-state index >= 15 is 0 Å². The number of hydrogen-bond donors (Lipinski definition) is 1. The fourth-order valence-corrected chi connectivity index (χ4v) is 3.44. The second-order valence-electron chi connectivity index (χ2n) is 8.47. The molecule has 1 N–H and O–H groups in total. The Morgan fingerprint density at radius 1 is 0.735 bits per heavy atom. The van der Waals surface area contributed by atoms with Crippen molar-refractivity contribution in [3.8, 4) is 0 Å². The Kier molecular flexibility index (Phi) is 12.6. The molecule has 2 saturated heterocycles. The molecule has 34 heavy (non-hydrogen) atoms. The average molecular weight is 522 g/mol. The number of alkyl halides is 9. The molecule has 2 aliphatic heterocycles. The standard InChI is InChI=1S/C11H18F6N2O.C8H14F3NO.CH4/c1-18-8(12)10(14,15)6-4-5-7(20-6)11(16,17)9(13)19(2)3;1-12(2)7(9)8(10,11)6-4-3-5-13-6;/h6-9,18H,4-5H2,1-3H3;6-7H,3-5H2,1-2H3;1H4. The molecular weight excluding hydrogens is 485 g/mol. The molecule has 2 rings (SSSR count). The number of hydrogen-bond acceptors (Lipinski definition) is 5. The van der Waals surface area contributed by atoms with E-state index in [0.717, 1.165) is 26.0 Å². The quantitative estimate of drug-likeness (QED) is 0.358. The van der Waals surface area contributed by atoms with Crippen molar-refractivity contribution in [1.29, 1.82) is 0 Å². The predicted octanol–water partition coefficient (Wildman–Crippen LogP) is 4.47. The highest BCUT2D eigenvalue weighted by Crippen LogP contribution is 2.42. The molecule has 14 heteroatoms. The number of ether oxygens (including phenoxy) is 2. The molecule has 0 saturated carbocycles. The number of nitrogens with zero attached hydrogens (tertiary/aromatic N) is 2. The smallest absolute Gasteiger partial charge is 0.317 e. The van der Waals surface area contributed by atoms with Crippen LogP contribution in [0.15, 0.2) is 0 Å². The van der Waals surface area contributed by atoms with Gasteiger partial charge in [-0.2, -0.15) is 26.3 Å². The summed E-state index contributed by atoms with van der Waals surface area (Å²) in [6, 6.07) is 0. The van der Waals surface area contributed by atoms with Gasteiger partial charge in [-0.15, -0.1) is 0 Å². The van der Waals surface area contributed by atoms with Crippen LogP contribution in [0.2, 0.25) is 0 Å². The van der Waals surface area contributed by atoms with Crippen LogP contribution in [0.25, 0.3) is 0 Å².